The molecule has 0 aromatic carbocycles. The number of ether oxygens (including phenoxy) is 1. The van der Waals surface area contributed by atoms with Crippen LogP contribution in [-0.4, -0.2) is 16.2 Å². The maximum absolute atomic E-state index is 12.4. The van der Waals surface area contributed by atoms with Gasteiger partial charge in [-0.1, -0.05) is 32.4 Å². The average Bonchev–Trinajstić information content (AvgIpc) is 2.71. The molecule has 0 aliphatic heterocycles. The molecule has 0 amide bonds. The number of thiophene rings is 1. The molecule has 0 saturated carbocycles. The molecule has 19 heavy (non-hydrogen) atoms. The van der Waals surface area contributed by atoms with Crippen LogP contribution in [0, 0.1) is 5.92 Å². The Labute approximate surface area is 121 Å². The number of fused-ring (bicyclic) bond motifs is 1. The molecular formula is C13H17ClN2O2S. The number of hydrogen-bond acceptors (Lipinski definition) is 4. The van der Waals surface area contributed by atoms with Gasteiger partial charge in [0, 0.05) is 6.54 Å². The molecule has 0 saturated heterocycles. The molecule has 4 nitrogen and oxygen atoms in total. The maximum atomic E-state index is 12.4. The molecule has 104 valence electrons. The molecule has 2 heterocycles. The van der Waals surface area contributed by atoms with E-state index in [1.54, 1.807) is 10.6 Å². The standard InChI is InChI=1S/C13H17ClN2O2S/c1-4-5-16-12(17)9-6-10(14)19-11(9)15-13(16)18-7-8(2)3/h6,8H,4-5,7H2,1-3H3. The highest BCUT2D eigenvalue weighted by Crippen LogP contribution is 2.27. The minimum Gasteiger partial charge on any atom is -0.464 e. The SMILES string of the molecule is CCCn1c(OCC(C)C)nc2sc(Cl)cc2c1=O. The summed E-state index contributed by atoms with van der Waals surface area (Å²) in [6, 6.07) is 2.07. The second-order valence-corrected chi connectivity index (χ2v) is 6.49. The first-order valence-corrected chi connectivity index (χ1v) is 7.55. The van der Waals surface area contributed by atoms with Gasteiger partial charge in [-0.3, -0.25) is 9.36 Å². The van der Waals surface area contributed by atoms with E-state index >= 15 is 0 Å². The highest BCUT2D eigenvalue weighted by molar-refractivity contribution is 7.22. The largest absolute Gasteiger partial charge is 0.464 e. The Hall–Kier alpha value is -1.07. The van der Waals surface area contributed by atoms with Crippen LogP contribution in [-0.2, 0) is 6.54 Å². The fraction of sp³-hybridized carbons (Fsp3) is 0.538. The monoisotopic (exact) mass is 300 g/mol. The van der Waals surface area contributed by atoms with Crippen molar-refractivity contribution in [1.82, 2.24) is 9.55 Å². The third kappa shape index (κ3) is 3.09. The van der Waals surface area contributed by atoms with E-state index in [0.717, 1.165) is 6.42 Å². The predicted octanol–water partition coefficient (Wildman–Crippen LogP) is 3.56. The lowest BCUT2D eigenvalue weighted by Crippen LogP contribution is -2.24. The number of rotatable bonds is 5. The van der Waals surface area contributed by atoms with E-state index < -0.39 is 0 Å². The number of hydrogen-bond donors (Lipinski definition) is 0. The summed E-state index contributed by atoms with van der Waals surface area (Å²) in [7, 11) is 0. The smallest absolute Gasteiger partial charge is 0.300 e. The molecule has 0 bridgehead atoms. The molecule has 0 aliphatic carbocycles. The molecule has 0 atom stereocenters. The van der Waals surface area contributed by atoms with E-state index in [4.69, 9.17) is 16.3 Å². The summed E-state index contributed by atoms with van der Waals surface area (Å²) in [4.78, 5) is 17.5. The van der Waals surface area contributed by atoms with Gasteiger partial charge >= 0.3 is 6.01 Å². The maximum Gasteiger partial charge on any atom is 0.300 e. The van der Waals surface area contributed by atoms with Crippen LogP contribution in [0.4, 0.5) is 0 Å². The van der Waals surface area contributed by atoms with Gasteiger partial charge in [-0.15, -0.1) is 11.3 Å². The van der Waals surface area contributed by atoms with E-state index in [1.165, 1.54) is 11.3 Å². The summed E-state index contributed by atoms with van der Waals surface area (Å²) >= 11 is 7.26. The molecule has 2 aromatic heterocycles. The van der Waals surface area contributed by atoms with Crippen LogP contribution in [0.5, 0.6) is 6.01 Å². The summed E-state index contributed by atoms with van der Waals surface area (Å²) < 4.78 is 7.83. The van der Waals surface area contributed by atoms with Crippen LogP contribution in [0.25, 0.3) is 10.2 Å². The van der Waals surface area contributed by atoms with E-state index in [-0.39, 0.29) is 5.56 Å². The quantitative estimate of drug-likeness (QED) is 0.848. The Balaban J connectivity index is 2.52. The van der Waals surface area contributed by atoms with Crippen molar-refractivity contribution in [3.05, 3.63) is 20.8 Å². The zero-order valence-corrected chi connectivity index (χ0v) is 12.8. The molecular weight excluding hydrogens is 284 g/mol. The highest BCUT2D eigenvalue weighted by atomic mass is 35.5. The van der Waals surface area contributed by atoms with Crippen molar-refractivity contribution in [1.29, 1.82) is 0 Å². The Bertz CT molecular complexity index is 633. The first-order chi connectivity index (χ1) is 9.02. The third-order valence-electron chi connectivity index (χ3n) is 2.58. The van der Waals surface area contributed by atoms with E-state index in [1.807, 2.05) is 6.92 Å². The van der Waals surface area contributed by atoms with Gasteiger partial charge in [0.2, 0.25) is 0 Å². The van der Waals surface area contributed by atoms with Crippen molar-refractivity contribution in [2.75, 3.05) is 6.61 Å². The summed E-state index contributed by atoms with van der Waals surface area (Å²) in [6.45, 7) is 7.28. The van der Waals surface area contributed by atoms with Crippen molar-refractivity contribution in [2.45, 2.75) is 33.7 Å². The summed E-state index contributed by atoms with van der Waals surface area (Å²) in [5.41, 5.74) is -0.0752. The molecule has 0 fully saturated rings. The molecule has 0 spiro atoms. The van der Waals surface area contributed by atoms with Gasteiger partial charge in [-0.05, 0) is 18.4 Å². The fourth-order valence-corrected chi connectivity index (χ4v) is 2.81. The van der Waals surface area contributed by atoms with Crippen LogP contribution in [0.3, 0.4) is 0 Å². The van der Waals surface area contributed by atoms with Crippen molar-refractivity contribution < 1.29 is 4.74 Å². The molecule has 2 aromatic rings. The van der Waals surface area contributed by atoms with Crippen molar-refractivity contribution in [2.24, 2.45) is 5.92 Å². The topological polar surface area (TPSA) is 44.1 Å². The normalized spacial score (nSPS) is 11.4. The Morgan fingerprint density at radius 2 is 2.26 bits per heavy atom. The second kappa shape index (κ2) is 5.92. The lowest BCUT2D eigenvalue weighted by atomic mass is 10.2. The third-order valence-corrected chi connectivity index (χ3v) is 3.74. The van der Waals surface area contributed by atoms with Gasteiger partial charge in [-0.2, -0.15) is 4.98 Å². The van der Waals surface area contributed by atoms with Crippen molar-refractivity contribution in [3.63, 3.8) is 0 Å². The van der Waals surface area contributed by atoms with Crippen LogP contribution in [0.2, 0.25) is 4.34 Å². The summed E-state index contributed by atoms with van der Waals surface area (Å²) in [5.74, 6) is 0.384. The lowest BCUT2D eigenvalue weighted by Gasteiger charge is -2.13. The summed E-state index contributed by atoms with van der Waals surface area (Å²) in [6.07, 6.45) is 0.850. The molecule has 0 unspecified atom stereocenters. The molecule has 0 radical (unpaired) electrons. The second-order valence-electron chi connectivity index (χ2n) is 4.83. The van der Waals surface area contributed by atoms with Crippen LogP contribution < -0.4 is 10.3 Å². The zero-order valence-electron chi connectivity index (χ0n) is 11.3. The summed E-state index contributed by atoms with van der Waals surface area (Å²) in [5, 5.41) is 0.570. The van der Waals surface area contributed by atoms with Gasteiger partial charge in [-0.25, -0.2) is 0 Å². The van der Waals surface area contributed by atoms with Gasteiger partial charge in [0.05, 0.1) is 16.3 Å². The van der Waals surface area contributed by atoms with Crippen molar-refractivity contribution >= 4 is 33.2 Å². The molecule has 2 rings (SSSR count). The number of nitrogens with zero attached hydrogens (tertiary/aromatic N) is 2. The lowest BCUT2D eigenvalue weighted by molar-refractivity contribution is 0.236. The molecule has 0 N–H and O–H groups in total. The Morgan fingerprint density at radius 1 is 1.53 bits per heavy atom. The van der Waals surface area contributed by atoms with Crippen LogP contribution in [0.1, 0.15) is 27.2 Å². The first-order valence-electron chi connectivity index (χ1n) is 6.35. The van der Waals surface area contributed by atoms with Crippen LogP contribution >= 0.6 is 22.9 Å². The fourth-order valence-electron chi connectivity index (χ4n) is 1.74. The van der Waals surface area contributed by atoms with Gasteiger partial charge in [0.1, 0.15) is 4.83 Å². The number of halogens is 1. The van der Waals surface area contributed by atoms with E-state index in [2.05, 4.69) is 18.8 Å². The molecule has 0 aliphatic rings. The van der Waals surface area contributed by atoms with Gasteiger partial charge in [0.15, 0.2) is 0 Å². The van der Waals surface area contributed by atoms with Crippen molar-refractivity contribution in [3.8, 4) is 6.01 Å². The van der Waals surface area contributed by atoms with Gasteiger partial charge in [0.25, 0.3) is 5.56 Å². The van der Waals surface area contributed by atoms with E-state index in [9.17, 15) is 4.79 Å². The molecule has 6 heteroatoms. The van der Waals surface area contributed by atoms with Gasteiger partial charge < -0.3 is 4.74 Å². The highest BCUT2D eigenvalue weighted by Gasteiger charge is 2.14. The zero-order chi connectivity index (χ0) is 14.0. The predicted molar refractivity (Wildman–Crippen MR) is 79.5 cm³/mol. The average molecular weight is 301 g/mol. The number of aromatic nitrogens is 2. The van der Waals surface area contributed by atoms with Crippen LogP contribution in [0.15, 0.2) is 10.9 Å². The van der Waals surface area contributed by atoms with E-state index in [0.29, 0.717) is 39.6 Å². The Morgan fingerprint density at radius 3 is 2.89 bits per heavy atom. The minimum atomic E-state index is -0.0752. The Kier molecular flexibility index (Phi) is 4.47. The first kappa shape index (κ1) is 14.3. The minimum absolute atomic E-state index is 0.0752.